The summed E-state index contributed by atoms with van der Waals surface area (Å²) in [4.78, 5) is 17.2. The van der Waals surface area contributed by atoms with Gasteiger partial charge in [0.25, 0.3) is 0 Å². The Morgan fingerprint density at radius 2 is 1.88 bits per heavy atom. The quantitative estimate of drug-likeness (QED) is 0.442. The van der Waals surface area contributed by atoms with Gasteiger partial charge in [0.2, 0.25) is 0 Å². The highest BCUT2D eigenvalue weighted by Gasteiger charge is 2.43. The van der Waals surface area contributed by atoms with E-state index in [1.54, 1.807) is 36.7 Å². The van der Waals surface area contributed by atoms with Crippen molar-refractivity contribution >= 4 is 26.8 Å². The number of likely N-dealkylation sites (tertiary alicyclic amines) is 1. The van der Waals surface area contributed by atoms with Gasteiger partial charge in [0, 0.05) is 54.3 Å². The van der Waals surface area contributed by atoms with Crippen LogP contribution in [0.2, 0.25) is 0 Å². The van der Waals surface area contributed by atoms with Gasteiger partial charge in [-0.2, -0.15) is 8.42 Å². The number of likely N-dealkylation sites (N-methyl/N-ethyl adjacent to an activating group) is 1. The number of aromatic nitrogens is 3. The summed E-state index contributed by atoms with van der Waals surface area (Å²) in [6, 6.07) is 12.9. The number of fused-ring (bicyclic) bond motifs is 2. The van der Waals surface area contributed by atoms with E-state index in [4.69, 9.17) is 9.17 Å². The van der Waals surface area contributed by atoms with E-state index in [0.29, 0.717) is 17.3 Å². The van der Waals surface area contributed by atoms with Crippen molar-refractivity contribution in [1.82, 2.24) is 19.9 Å². The van der Waals surface area contributed by atoms with Gasteiger partial charge in [0.1, 0.15) is 10.7 Å². The third-order valence-corrected chi connectivity index (χ3v) is 8.14. The van der Waals surface area contributed by atoms with Gasteiger partial charge in [-0.25, -0.2) is 4.98 Å². The van der Waals surface area contributed by atoms with Gasteiger partial charge in [-0.05, 0) is 38.2 Å². The zero-order valence-electron chi connectivity index (χ0n) is 19.0. The number of nitrogens with zero attached hydrogens (tertiary/aromatic N) is 4. The Bertz CT molecular complexity index is 1480. The molecule has 2 aliphatic rings. The monoisotopic (exact) mass is 475 g/mol. The van der Waals surface area contributed by atoms with Crippen LogP contribution in [0.25, 0.3) is 22.2 Å². The van der Waals surface area contributed by atoms with Gasteiger partial charge in [-0.1, -0.05) is 23.8 Å². The Morgan fingerprint density at radius 1 is 1.06 bits per heavy atom. The molecule has 4 aromatic rings. The van der Waals surface area contributed by atoms with Crippen LogP contribution in [-0.4, -0.2) is 61.0 Å². The lowest BCUT2D eigenvalue weighted by Gasteiger charge is -2.40. The number of aromatic amines is 1. The highest BCUT2D eigenvalue weighted by molar-refractivity contribution is 7.87. The number of hydrogen-bond donors (Lipinski definition) is 1. The van der Waals surface area contributed by atoms with Crippen molar-refractivity contribution in [3.63, 3.8) is 0 Å². The molecular formula is C25H25N5O3S. The summed E-state index contributed by atoms with van der Waals surface area (Å²) in [6.45, 7) is 5.00. The van der Waals surface area contributed by atoms with E-state index in [1.807, 2.05) is 31.3 Å². The fourth-order valence-electron chi connectivity index (χ4n) is 4.93. The first-order chi connectivity index (χ1) is 16.4. The molecule has 174 valence electrons. The van der Waals surface area contributed by atoms with E-state index in [2.05, 4.69) is 26.8 Å². The van der Waals surface area contributed by atoms with Crippen LogP contribution in [0.4, 0.5) is 5.82 Å². The minimum Gasteiger partial charge on any atom is -0.377 e. The summed E-state index contributed by atoms with van der Waals surface area (Å²) in [6.07, 6.45) is 5.11. The molecule has 0 bridgehead atoms. The lowest BCUT2D eigenvalue weighted by Crippen LogP contribution is -2.52. The summed E-state index contributed by atoms with van der Waals surface area (Å²) in [7, 11) is -1.79. The predicted molar refractivity (Wildman–Crippen MR) is 130 cm³/mol. The molecule has 0 saturated carbocycles. The average molecular weight is 476 g/mol. The predicted octanol–water partition coefficient (Wildman–Crippen LogP) is 3.45. The third kappa shape index (κ3) is 3.61. The number of rotatable bonds is 5. The number of anilines is 1. The molecule has 2 aromatic carbocycles. The van der Waals surface area contributed by atoms with Gasteiger partial charge < -0.3 is 19.0 Å². The molecule has 0 unspecified atom stereocenters. The Morgan fingerprint density at radius 3 is 2.65 bits per heavy atom. The first-order valence-electron chi connectivity index (χ1n) is 11.3. The molecule has 6 rings (SSSR count). The van der Waals surface area contributed by atoms with Gasteiger partial charge in [-0.15, -0.1) is 0 Å². The standard InChI is InChI=1S/C25H25N5O3S/c1-16-3-6-19(7-4-16)34(31,32)33-24-11-27-21-8-5-17(9-20(21)24)22-10-26-12-25(28-22)30-14-18-13-29(2)23(18)15-30/h3-12,18,23,27H,13-15H2,1-2H3/t18-,23-/m1/s1. The number of nitrogens with one attached hydrogen (secondary N) is 1. The van der Waals surface area contributed by atoms with Crippen molar-refractivity contribution in [1.29, 1.82) is 0 Å². The molecular weight excluding hydrogens is 450 g/mol. The van der Waals surface area contributed by atoms with Gasteiger partial charge >= 0.3 is 10.1 Å². The van der Waals surface area contributed by atoms with Crippen LogP contribution in [0.1, 0.15) is 5.56 Å². The van der Waals surface area contributed by atoms with Crippen molar-refractivity contribution < 1.29 is 12.6 Å². The Hall–Kier alpha value is -3.43. The maximum absolute atomic E-state index is 12.8. The molecule has 2 atom stereocenters. The van der Waals surface area contributed by atoms with Crippen LogP contribution >= 0.6 is 0 Å². The third-order valence-electron chi connectivity index (χ3n) is 6.89. The molecule has 2 saturated heterocycles. The van der Waals surface area contributed by atoms with Gasteiger partial charge in [0.05, 0.1) is 18.1 Å². The number of H-pyrrole nitrogens is 1. The molecule has 0 radical (unpaired) electrons. The fourth-order valence-corrected chi connectivity index (χ4v) is 5.87. The molecule has 2 aliphatic heterocycles. The molecule has 4 heterocycles. The van der Waals surface area contributed by atoms with Crippen molar-refractivity contribution in [3.05, 3.63) is 66.6 Å². The summed E-state index contributed by atoms with van der Waals surface area (Å²) in [5.74, 6) is 1.82. The van der Waals surface area contributed by atoms with Crippen molar-refractivity contribution in [3.8, 4) is 17.0 Å². The van der Waals surface area contributed by atoms with Crippen LogP contribution < -0.4 is 9.08 Å². The first kappa shape index (κ1) is 21.1. The summed E-state index contributed by atoms with van der Waals surface area (Å²) >= 11 is 0. The second kappa shape index (κ2) is 7.82. The zero-order valence-corrected chi connectivity index (χ0v) is 19.8. The Kier molecular flexibility index (Phi) is 4.86. The maximum Gasteiger partial charge on any atom is 0.339 e. The first-order valence-corrected chi connectivity index (χ1v) is 12.7. The normalized spacial score (nSPS) is 20.4. The highest BCUT2D eigenvalue weighted by atomic mass is 32.2. The fraction of sp³-hybridized carbons (Fsp3) is 0.280. The molecule has 0 amide bonds. The Labute approximate surface area is 198 Å². The van der Waals surface area contributed by atoms with Crippen LogP contribution in [0.3, 0.4) is 0 Å². The maximum atomic E-state index is 12.8. The highest BCUT2D eigenvalue weighted by Crippen LogP contribution is 2.35. The molecule has 9 heteroatoms. The summed E-state index contributed by atoms with van der Waals surface area (Å²) in [5.41, 5.74) is 3.34. The molecule has 2 fully saturated rings. The van der Waals surface area contributed by atoms with Crippen LogP contribution in [0.5, 0.6) is 5.75 Å². The van der Waals surface area contributed by atoms with Crippen LogP contribution in [0, 0.1) is 12.8 Å². The van der Waals surface area contributed by atoms with Crippen molar-refractivity contribution in [2.45, 2.75) is 17.9 Å². The molecule has 0 spiro atoms. The van der Waals surface area contributed by atoms with Gasteiger partial charge in [0.15, 0.2) is 5.75 Å². The Balaban J connectivity index is 1.30. The minimum absolute atomic E-state index is 0.118. The van der Waals surface area contributed by atoms with Crippen LogP contribution in [0.15, 0.2) is 66.0 Å². The molecule has 0 aliphatic carbocycles. The van der Waals surface area contributed by atoms with E-state index in [1.165, 1.54) is 0 Å². The lowest BCUT2D eigenvalue weighted by atomic mass is 9.93. The molecule has 34 heavy (non-hydrogen) atoms. The molecule has 1 N–H and O–H groups in total. The van der Waals surface area contributed by atoms with Crippen molar-refractivity contribution in [2.75, 3.05) is 31.6 Å². The smallest absolute Gasteiger partial charge is 0.339 e. The number of hydrogen-bond acceptors (Lipinski definition) is 7. The number of benzene rings is 2. The number of aryl methyl sites for hydroxylation is 1. The van der Waals surface area contributed by atoms with Crippen molar-refractivity contribution in [2.24, 2.45) is 5.92 Å². The second-order valence-corrected chi connectivity index (χ2v) is 10.7. The average Bonchev–Trinajstić information content (AvgIpc) is 3.39. The second-order valence-electron chi connectivity index (χ2n) is 9.20. The SMILES string of the molecule is Cc1ccc(S(=O)(=O)Oc2c[nH]c3ccc(-c4cncc(N5C[C@H]6CN(C)[C@@H]6C5)n4)cc23)cc1. The van der Waals surface area contributed by atoms with E-state index in [-0.39, 0.29) is 10.6 Å². The lowest BCUT2D eigenvalue weighted by molar-refractivity contribution is 0.0827. The zero-order chi connectivity index (χ0) is 23.4. The summed E-state index contributed by atoms with van der Waals surface area (Å²) < 4.78 is 31.1. The van der Waals surface area contributed by atoms with E-state index in [9.17, 15) is 8.42 Å². The van der Waals surface area contributed by atoms with E-state index in [0.717, 1.165) is 47.8 Å². The molecule has 8 nitrogen and oxygen atoms in total. The van der Waals surface area contributed by atoms with Crippen LogP contribution in [-0.2, 0) is 10.1 Å². The topological polar surface area (TPSA) is 91.4 Å². The van der Waals surface area contributed by atoms with E-state index >= 15 is 0 Å². The largest absolute Gasteiger partial charge is 0.377 e. The summed E-state index contributed by atoms with van der Waals surface area (Å²) in [5, 5.41) is 0.668. The minimum atomic E-state index is -3.95. The van der Waals surface area contributed by atoms with Gasteiger partial charge in [-0.3, -0.25) is 4.98 Å². The van der Waals surface area contributed by atoms with E-state index < -0.39 is 10.1 Å². The molecule has 2 aromatic heterocycles.